The van der Waals surface area contributed by atoms with E-state index in [1.54, 1.807) is 40.0 Å². The van der Waals surface area contributed by atoms with Crippen LogP contribution in [-0.4, -0.2) is 45.3 Å². The highest BCUT2D eigenvalue weighted by molar-refractivity contribution is 7.17. The molecule has 3 rings (SSSR count). The molecule has 0 N–H and O–H groups in total. The standard InChI is InChI=1S/C18H18ClN5O3S/c1-5-27-17(26)14-10(2)20-18(28-14)23(4)16(25)15-21-11(3)24(22-15)13-9-7-6-8-12(13)19/h6-9H,5H2,1-4H3. The number of para-hydroxylation sites is 1. The minimum Gasteiger partial charge on any atom is -0.462 e. The zero-order valence-electron chi connectivity index (χ0n) is 15.8. The highest BCUT2D eigenvalue weighted by Crippen LogP contribution is 2.27. The molecule has 0 bridgehead atoms. The summed E-state index contributed by atoms with van der Waals surface area (Å²) < 4.78 is 6.53. The Morgan fingerprint density at radius 2 is 1.96 bits per heavy atom. The number of halogens is 1. The molecule has 146 valence electrons. The van der Waals surface area contributed by atoms with E-state index in [4.69, 9.17) is 16.3 Å². The molecule has 28 heavy (non-hydrogen) atoms. The molecule has 0 aliphatic carbocycles. The number of carbonyl (C=O) groups excluding carboxylic acids is 2. The Balaban J connectivity index is 1.89. The molecule has 0 atom stereocenters. The Kier molecular flexibility index (Phi) is 5.76. The van der Waals surface area contributed by atoms with Crippen molar-refractivity contribution in [3.8, 4) is 5.69 Å². The maximum absolute atomic E-state index is 12.8. The molecule has 0 saturated heterocycles. The third kappa shape index (κ3) is 3.76. The Bertz CT molecular complexity index is 1050. The lowest BCUT2D eigenvalue weighted by molar-refractivity contribution is 0.0531. The van der Waals surface area contributed by atoms with E-state index in [2.05, 4.69) is 15.1 Å². The molecule has 2 aromatic heterocycles. The second kappa shape index (κ2) is 8.07. The van der Waals surface area contributed by atoms with Crippen LogP contribution in [0.15, 0.2) is 24.3 Å². The van der Waals surface area contributed by atoms with Crippen LogP contribution in [0.1, 0.15) is 38.7 Å². The highest BCUT2D eigenvalue weighted by Gasteiger charge is 2.25. The molecule has 0 fully saturated rings. The second-order valence-electron chi connectivity index (χ2n) is 5.84. The van der Waals surface area contributed by atoms with Crippen LogP contribution in [0.25, 0.3) is 5.69 Å². The second-order valence-corrected chi connectivity index (χ2v) is 7.23. The molecule has 2 heterocycles. The first-order chi connectivity index (χ1) is 13.3. The van der Waals surface area contributed by atoms with Crippen LogP contribution in [0.2, 0.25) is 5.02 Å². The van der Waals surface area contributed by atoms with E-state index in [9.17, 15) is 9.59 Å². The summed E-state index contributed by atoms with van der Waals surface area (Å²) in [7, 11) is 1.56. The average molecular weight is 420 g/mol. The van der Waals surface area contributed by atoms with Crippen molar-refractivity contribution in [1.29, 1.82) is 0 Å². The Labute approximate surface area is 170 Å². The number of aromatic nitrogens is 4. The van der Waals surface area contributed by atoms with Gasteiger partial charge in [-0.15, -0.1) is 5.10 Å². The zero-order chi connectivity index (χ0) is 20.4. The Morgan fingerprint density at radius 1 is 1.25 bits per heavy atom. The molecule has 0 aliphatic rings. The van der Waals surface area contributed by atoms with Crippen LogP contribution < -0.4 is 4.90 Å². The first kappa shape index (κ1) is 20.0. The number of hydrogen-bond acceptors (Lipinski definition) is 7. The number of rotatable bonds is 5. The fourth-order valence-corrected chi connectivity index (χ4v) is 3.62. The maximum atomic E-state index is 12.8. The molecular weight excluding hydrogens is 402 g/mol. The number of amides is 1. The maximum Gasteiger partial charge on any atom is 0.350 e. The van der Waals surface area contributed by atoms with Gasteiger partial charge in [-0.05, 0) is 32.9 Å². The molecule has 0 unspecified atom stereocenters. The molecule has 1 aromatic carbocycles. The number of aryl methyl sites for hydroxylation is 2. The van der Waals surface area contributed by atoms with E-state index in [0.29, 0.717) is 32.2 Å². The van der Waals surface area contributed by atoms with Crippen molar-refractivity contribution in [2.45, 2.75) is 20.8 Å². The lowest BCUT2D eigenvalue weighted by Crippen LogP contribution is -2.27. The van der Waals surface area contributed by atoms with Crippen molar-refractivity contribution in [1.82, 2.24) is 19.7 Å². The van der Waals surface area contributed by atoms with Crippen LogP contribution in [0.5, 0.6) is 0 Å². The lowest BCUT2D eigenvalue weighted by atomic mass is 10.3. The molecule has 0 saturated carbocycles. The summed E-state index contributed by atoms with van der Waals surface area (Å²) >= 11 is 7.30. The van der Waals surface area contributed by atoms with Gasteiger partial charge >= 0.3 is 5.97 Å². The average Bonchev–Trinajstić information content (AvgIpc) is 3.24. The highest BCUT2D eigenvalue weighted by atomic mass is 35.5. The van der Waals surface area contributed by atoms with Crippen molar-refractivity contribution in [2.75, 3.05) is 18.6 Å². The van der Waals surface area contributed by atoms with E-state index in [0.717, 1.165) is 11.3 Å². The minimum absolute atomic E-state index is 0.00505. The molecule has 0 radical (unpaired) electrons. The third-order valence-electron chi connectivity index (χ3n) is 3.88. The molecule has 3 aromatic rings. The fourth-order valence-electron chi connectivity index (χ4n) is 2.48. The van der Waals surface area contributed by atoms with Gasteiger partial charge in [0.15, 0.2) is 5.13 Å². The van der Waals surface area contributed by atoms with E-state index < -0.39 is 11.9 Å². The van der Waals surface area contributed by atoms with Gasteiger partial charge in [0.1, 0.15) is 10.7 Å². The van der Waals surface area contributed by atoms with Crippen molar-refractivity contribution in [3.63, 3.8) is 0 Å². The topological polar surface area (TPSA) is 90.2 Å². The van der Waals surface area contributed by atoms with Crippen molar-refractivity contribution in [2.24, 2.45) is 0 Å². The number of ether oxygens (including phenoxy) is 1. The van der Waals surface area contributed by atoms with Crippen LogP contribution >= 0.6 is 22.9 Å². The summed E-state index contributed by atoms with van der Waals surface area (Å²) in [5.74, 6) is -0.377. The summed E-state index contributed by atoms with van der Waals surface area (Å²) in [6.45, 7) is 5.43. The first-order valence-electron chi connectivity index (χ1n) is 8.44. The predicted octanol–water partition coefficient (Wildman–Crippen LogP) is 3.45. The quantitative estimate of drug-likeness (QED) is 0.588. The number of nitrogens with zero attached hydrogens (tertiary/aromatic N) is 5. The Hall–Kier alpha value is -2.78. The summed E-state index contributed by atoms with van der Waals surface area (Å²) in [5, 5.41) is 5.15. The van der Waals surface area contributed by atoms with Gasteiger partial charge in [-0.2, -0.15) is 0 Å². The number of hydrogen-bond donors (Lipinski definition) is 0. The van der Waals surface area contributed by atoms with Gasteiger partial charge in [-0.25, -0.2) is 19.4 Å². The van der Waals surface area contributed by atoms with Crippen molar-refractivity contribution in [3.05, 3.63) is 51.5 Å². The van der Waals surface area contributed by atoms with Crippen LogP contribution in [0.4, 0.5) is 5.13 Å². The predicted molar refractivity (Wildman–Crippen MR) is 107 cm³/mol. The number of esters is 1. The molecular formula is C18H18ClN5O3S. The van der Waals surface area contributed by atoms with Gasteiger partial charge in [0.2, 0.25) is 5.82 Å². The fraction of sp³-hybridized carbons (Fsp3) is 0.278. The van der Waals surface area contributed by atoms with Gasteiger partial charge in [0, 0.05) is 7.05 Å². The molecule has 0 aliphatic heterocycles. The normalized spacial score (nSPS) is 10.8. The van der Waals surface area contributed by atoms with Gasteiger partial charge in [0.25, 0.3) is 5.91 Å². The summed E-state index contributed by atoms with van der Waals surface area (Å²) in [6.07, 6.45) is 0. The van der Waals surface area contributed by atoms with Gasteiger partial charge in [-0.3, -0.25) is 9.69 Å². The molecule has 0 spiro atoms. The third-order valence-corrected chi connectivity index (χ3v) is 5.41. The lowest BCUT2D eigenvalue weighted by Gasteiger charge is -2.10. The number of anilines is 1. The van der Waals surface area contributed by atoms with Crippen molar-refractivity contribution >= 4 is 39.9 Å². The van der Waals surface area contributed by atoms with Gasteiger partial charge in [-0.1, -0.05) is 35.1 Å². The van der Waals surface area contributed by atoms with E-state index >= 15 is 0 Å². The number of benzene rings is 1. The molecule has 10 heteroatoms. The smallest absolute Gasteiger partial charge is 0.350 e. The Morgan fingerprint density at radius 3 is 2.64 bits per heavy atom. The minimum atomic E-state index is -0.457. The largest absolute Gasteiger partial charge is 0.462 e. The number of carbonyl (C=O) groups is 2. The monoisotopic (exact) mass is 419 g/mol. The van der Waals surface area contributed by atoms with E-state index in [-0.39, 0.29) is 12.4 Å². The summed E-state index contributed by atoms with van der Waals surface area (Å²) in [5.41, 5.74) is 1.13. The number of thiazole rings is 1. The van der Waals surface area contributed by atoms with E-state index in [1.807, 2.05) is 12.1 Å². The van der Waals surface area contributed by atoms with Crippen LogP contribution in [-0.2, 0) is 4.74 Å². The SMILES string of the molecule is CCOC(=O)c1sc(N(C)C(=O)c2nc(C)n(-c3ccccc3Cl)n2)nc1C. The summed E-state index contributed by atoms with van der Waals surface area (Å²) in [6, 6.07) is 7.16. The summed E-state index contributed by atoms with van der Waals surface area (Å²) in [4.78, 5) is 35.1. The zero-order valence-corrected chi connectivity index (χ0v) is 17.3. The van der Waals surface area contributed by atoms with Gasteiger partial charge in [0.05, 0.1) is 23.0 Å². The van der Waals surface area contributed by atoms with E-state index in [1.165, 1.54) is 9.58 Å². The first-order valence-corrected chi connectivity index (χ1v) is 9.64. The van der Waals surface area contributed by atoms with Crippen molar-refractivity contribution < 1.29 is 14.3 Å². The van der Waals surface area contributed by atoms with Gasteiger partial charge < -0.3 is 4.74 Å². The van der Waals surface area contributed by atoms with Crippen LogP contribution in [0.3, 0.4) is 0 Å². The molecule has 1 amide bonds. The molecule has 8 nitrogen and oxygen atoms in total. The van der Waals surface area contributed by atoms with Crippen LogP contribution in [0, 0.1) is 13.8 Å².